The first kappa shape index (κ1) is 25.9. The minimum Gasteiger partial charge on any atom is -0.465 e. The largest absolute Gasteiger partial charge is 0.465 e. The summed E-state index contributed by atoms with van der Waals surface area (Å²) in [5.41, 5.74) is -0.518. The fourth-order valence-electron chi connectivity index (χ4n) is 4.88. The maximum absolute atomic E-state index is 12.9. The second-order valence-electron chi connectivity index (χ2n) is 9.27. The number of esters is 4. The first-order valence-electron chi connectivity index (χ1n) is 11.3. The Morgan fingerprint density at radius 1 is 1.21 bits per heavy atom. The molecule has 0 unspecified atom stereocenters. The maximum Gasteiger partial charge on any atom is 0.337 e. The molecule has 3 saturated heterocycles. The van der Waals surface area contributed by atoms with Crippen LogP contribution in [-0.4, -0.2) is 72.2 Å². The Labute approximate surface area is 198 Å². The zero-order valence-corrected chi connectivity index (χ0v) is 19.9. The predicted molar refractivity (Wildman–Crippen MR) is 116 cm³/mol. The molecule has 0 radical (unpaired) electrons. The molecule has 7 atom stereocenters. The molecule has 10 heteroatoms. The minimum atomic E-state index is -0.893. The SMILES string of the molecule is C=C1C(=O)O[C@@H]2[C@@H]3O[C@@](C)(CC[C@H](O)[C@@H]3COC(C)=O)C[C@@H](OC(=O)/C(=C\C)COC(C)=O)[C@@H]12. The maximum atomic E-state index is 12.9. The molecule has 0 aromatic carbocycles. The van der Waals surface area contributed by atoms with E-state index in [2.05, 4.69) is 6.58 Å². The van der Waals surface area contributed by atoms with Crippen LogP contribution < -0.4 is 0 Å². The van der Waals surface area contributed by atoms with Gasteiger partial charge in [-0.1, -0.05) is 12.7 Å². The van der Waals surface area contributed by atoms with Crippen LogP contribution in [0.4, 0.5) is 0 Å². The van der Waals surface area contributed by atoms with Crippen molar-refractivity contribution in [2.45, 2.75) is 77.0 Å². The van der Waals surface area contributed by atoms with Gasteiger partial charge in [-0.15, -0.1) is 0 Å². The van der Waals surface area contributed by atoms with Crippen molar-refractivity contribution >= 4 is 23.9 Å². The average molecular weight is 481 g/mol. The van der Waals surface area contributed by atoms with Crippen LogP contribution in [0.25, 0.3) is 0 Å². The van der Waals surface area contributed by atoms with Crippen molar-refractivity contribution in [2.75, 3.05) is 13.2 Å². The van der Waals surface area contributed by atoms with Crippen LogP contribution in [-0.2, 0) is 42.9 Å². The third-order valence-electron chi connectivity index (χ3n) is 6.70. The van der Waals surface area contributed by atoms with E-state index in [4.69, 9.17) is 23.7 Å². The Bertz CT molecular complexity index is 892. The van der Waals surface area contributed by atoms with Crippen LogP contribution in [0.5, 0.6) is 0 Å². The van der Waals surface area contributed by atoms with Crippen molar-refractivity contribution in [3.05, 3.63) is 23.8 Å². The van der Waals surface area contributed by atoms with Crippen molar-refractivity contribution < 1.29 is 48.0 Å². The fraction of sp³-hybridized carbons (Fsp3) is 0.667. The van der Waals surface area contributed by atoms with E-state index in [-0.39, 0.29) is 30.8 Å². The van der Waals surface area contributed by atoms with E-state index in [1.54, 1.807) is 6.92 Å². The predicted octanol–water partition coefficient (Wildman–Crippen LogP) is 1.39. The highest BCUT2D eigenvalue weighted by Gasteiger charge is 2.58. The molecule has 3 rings (SSSR count). The van der Waals surface area contributed by atoms with Crippen LogP contribution in [0.1, 0.15) is 47.0 Å². The molecule has 0 amide bonds. The van der Waals surface area contributed by atoms with Gasteiger partial charge in [-0.25, -0.2) is 9.59 Å². The van der Waals surface area contributed by atoms with Gasteiger partial charge in [0.1, 0.15) is 24.9 Å². The van der Waals surface area contributed by atoms with Gasteiger partial charge in [-0.05, 0) is 26.7 Å². The quantitative estimate of drug-likeness (QED) is 0.337. The summed E-state index contributed by atoms with van der Waals surface area (Å²) in [7, 11) is 0. The monoisotopic (exact) mass is 480 g/mol. The molecule has 34 heavy (non-hydrogen) atoms. The topological polar surface area (TPSA) is 135 Å². The van der Waals surface area contributed by atoms with E-state index >= 15 is 0 Å². The highest BCUT2D eigenvalue weighted by molar-refractivity contribution is 5.92. The average Bonchev–Trinajstić information content (AvgIpc) is 2.90. The summed E-state index contributed by atoms with van der Waals surface area (Å²) < 4.78 is 28.0. The summed E-state index contributed by atoms with van der Waals surface area (Å²) in [5, 5.41) is 10.8. The van der Waals surface area contributed by atoms with Gasteiger partial charge in [-0.3, -0.25) is 9.59 Å². The number of aliphatic hydroxyl groups excluding tert-OH is 1. The number of carbonyl (C=O) groups excluding carboxylic acids is 4. The van der Waals surface area contributed by atoms with Gasteiger partial charge in [0, 0.05) is 31.8 Å². The van der Waals surface area contributed by atoms with Crippen molar-refractivity contribution in [1.29, 1.82) is 0 Å². The smallest absolute Gasteiger partial charge is 0.337 e. The zero-order chi connectivity index (χ0) is 25.2. The molecule has 2 bridgehead atoms. The standard InChI is InChI=1S/C24H32O10/c1-6-15(10-30-13(3)25)23(29)32-18-9-24(5)8-7-17(27)16(11-31-14(4)26)20(34-24)21-19(18)12(2)22(28)33-21/h6,16-21,27H,2,7-11H2,1,3-5H3/b15-6-/t16-,17-,18+,19+,20+,21-,24-/m0/s1. The van der Waals surface area contributed by atoms with Gasteiger partial charge in [0.15, 0.2) is 0 Å². The van der Waals surface area contributed by atoms with Gasteiger partial charge in [-0.2, -0.15) is 0 Å². The number of rotatable bonds is 6. The van der Waals surface area contributed by atoms with E-state index in [1.165, 1.54) is 19.9 Å². The molecular formula is C24H32O10. The van der Waals surface area contributed by atoms with Gasteiger partial charge >= 0.3 is 23.9 Å². The number of allylic oxidation sites excluding steroid dienone is 1. The van der Waals surface area contributed by atoms with Crippen molar-refractivity contribution in [3.63, 3.8) is 0 Å². The first-order chi connectivity index (χ1) is 16.0. The zero-order valence-electron chi connectivity index (χ0n) is 19.9. The highest BCUT2D eigenvalue weighted by atomic mass is 16.6. The van der Waals surface area contributed by atoms with E-state index in [1.807, 2.05) is 6.92 Å². The van der Waals surface area contributed by atoms with Gasteiger partial charge in [0.2, 0.25) is 0 Å². The number of hydrogen-bond acceptors (Lipinski definition) is 10. The van der Waals surface area contributed by atoms with Crippen LogP contribution in [0.2, 0.25) is 0 Å². The van der Waals surface area contributed by atoms with Gasteiger partial charge in [0.05, 0.1) is 29.8 Å². The molecule has 3 heterocycles. The molecule has 0 aromatic heterocycles. The fourth-order valence-corrected chi connectivity index (χ4v) is 4.88. The van der Waals surface area contributed by atoms with Gasteiger partial charge in [0.25, 0.3) is 0 Å². The number of carbonyl (C=O) groups is 4. The molecule has 3 aliphatic rings. The summed E-state index contributed by atoms with van der Waals surface area (Å²) in [6.45, 7) is 9.50. The molecule has 0 aliphatic carbocycles. The molecule has 1 N–H and O–H groups in total. The second-order valence-corrected chi connectivity index (χ2v) is 9.27. The number of aliphatic hydroxyl groups is 1. The van der Waals surface area contributed by atoms with E-state index in [0.29, 0.717) is 12.8 Å². The number of hydrogen-bond donors (Lipinski definition) is 1. The number of fused-ring (bicyclic) bond motifs is 4. The Balaban J connectivity index is 1.93. The molecule has 0 saturated carbocycles. The molecule has 188 valence electrons. The highest BCUT2D eigenvalue weighted by Crippen LogP contribution is 2.47. The van der Waals surface area contributed by atoms with Crippen molar-refractivity contribution in [2.24, 2.45) is 11.8 Å². The summed E-state index contributed by atoms with van der Waals surface area (Å²) >= 11 is 0. The number of ether oxygens (including phenoxy) is 5. The normalized spacial score (nSPS) is 35.4. The van der Waals surface area contributed by atoms with Crippen LogP contribution in [0.3, 0.4) is 0 Å². The summed E-state index contributed by atoms with van der Waals surface area (Å²) in [4.78, 5) is 48.0. The lowest BCUT2D eigenvalue weighted by Crippen LogP contribution is -2.47. The van der Waals surface area contributed by atoms with E-state index in [0.717, 1.165) is 0 Å². The second kappa shape index (κ2) is 10.3. The molecule has 3 aliphatic heterocycles. The lowest BCUT2D eigenvalue weighted by molar-refractivity contribution is -0.173. The Morgan fingerprint density at radius 2 is 1.88 bits per heavy atom. The summed E-state index contributed by atoms with van der Waals surface area (Å²) in [6, 6.07) is 0. The molecular weight excluding hydrogens is 448 g/mol. The van der Waals surface area contributed by atoms with E-state index in [9.17, 15) is 24.3 Å². The molecule has 0 aromatic rings. The van der Waals surface area contributed by atoms with E-state index < -0.39 is 65.7 Å². The van der Waals surface area contributed by atoms with Crippen molar-refractivity contribution in [3.8, 4) is 0 Å². The molecule has 0 spiro atoms. The summed E-state index contributed by atoms with van der Waals surface area (Å²) in [5.74, 6) is -3.74. The molecule has 10 nitrogen and oxygen atoms in total. The van der Waals surface area contributed by atoms with Crippen LogP contribution in [0.15, 0.2) is 23.8 Å². The summed E-state index contributed by atoms with van der Waals surface area (Å²) in [6.07, 6.45) is -0.838. The third kappa shape index (κ3) is 5.50. The lowest BCUT2D eigenvalue weighted by Gasteiger charge is -2.34. The Morgan fingerprint density at radius 3 is 2.50 bits per heavy atom. The lowest BCUT2D eigenvalue weighted by atomic mass is 9.78. The first-order valence-corrected chi connectivity index (χ1v) is 11.3. The van der Waals surface area contributed by atoms with Crippen LogP contribution >= 0.6 is 0 Å². The third-order valence-corrected chi connectivity index (χ3v) is 6.70. The van der Waals surface area contributed by atoms with Crippen molar-refractivity contribution in [1.82, 2.24) is 0 Å². The minimum absolute atomic E-state index is 0.111. The Hall–Kier alpha value is -2.72. The Kier molecular flexibility index (Phi) is 7.82. The van der Waals surface area contributed by atoms with Gasteiger partial charge < -0.3 is 28.8 Å². The van der Waals surface area contributed by atoms with Crippen LogP contribution in [0, 0.1) is 11.8 Å². The molecule has 3 fully saturated rings.